The van der Waals surface area contributed by atoms with Gasteiger partial charge in [0.15, 0.2) is 6.61 Å². The van der Waals surface area contributed by atoms with Gasteiger partial charge in [0.25, 0.3) is 5.91 Å². The Kier molecular flexibility index (Phi) is 4.44. The van der Waals surface area contributed by atoms with Crippen LogP contribution in [0.1, 0.15) is 31.7 Å². The van der Waals surface area contributed by atoms with Crippen LogP contribution >= 0.6 is 0 Å². The molecule has 2 heterocycles. The Morgan fingerprint density at radius 3 is 2.95 bits per heavy atom. The third-order valence-electron chi connectivity index (χ3n) is 4.65. The number of benzene rings is 1. The third kappa shape index (κ3) is 3.05. The fourth-order valence-corrected chi connectivity index (χ4v) is 3.54. The number of hydrogen-bond acceptors (Lipinski definition) is 3. The molecule has 2 fully saturated rings. The lowest BCUT2D eigenvalue weighted by Crippen LogP contribution is -2.44. The minimum Gasteiger partial charge on any atom is -0.483 e. The summed E-state index contributed by atoms with van der Waals surface area (Å²) >= 11 is 0. The minimum absolute atomic E-state index is 0.136. The highest BCUT2D eigenvalue weighted by Gasteiger charge is 2.37. The zero-order chi connectivity index (χ0) is 14.7. The van der Waals surface area contributed by atoms with E-state index in [2.05, 4.69) is 23.2 Å². The Balaban J connectivity index is 1.64. The van der Waals surface area contributed by atoms with Crippen molar-refractivity contribution in [1.82, 2.24) is 10.2 Å². The van der Waals surface area contributed by atoms with E-state index in [0.717, 1.165) is 50.1 Å². The fourth-order valence-electron chi connectivity index (χ4n) is 3.54. The second kappa shape index (κ2) is 6.48. The highest BCUT2D eigenvalue weighted by atomic mass is 16.5. The molecule has 114 valence electrons. The minimum atomic E-state index is 0.136. The van der Waals surface area contributed by atoms with Gasteiger partial charge in [-0.2, -0.15) is 0 Å². The number of amides is 1. The predicted octanol–water partition coefficient (Wildman–Crippen LogP) is 1.98. The quantitative estimate of drug-likeness (QED) is 0.921. The summed E-state index contributed by atoms with van der Waals surface area (Å²) in [6.07, 6.45) is 4.25. The number of nitrogens with one attached hydrogen (secondary N) is 1. The maximum Gasteiger partial charge on any atom is 0.261 e. The molecule has 2 bridgehead atoms. The van der Waals surface area contributed by atoms with E-state index >= 15 is 0 Å². The lowest BCUT2D eigenvalue weighted by atomic mass is 10.1. The van der Waals surface area contributed by atoms with Crippen molar-refractivity contribution in [1.29, 1.82) is 0 Å². The van der Waals surface area contributed by atoms with Crippen LogP contribution in [0, 0.1) is 0 Å². The van der Waals surface area contributed by atoms with Crippen LogP contribution in [-0.2, 0) is 11.2 Å². The Bertz CT molecular complexity index is 489. The maximum absolute atomic E-state index is 12.6. The topological polar surface area (TPSA) is 41.6 Å². The molecule has 0 spiro atoms. The number of rotatable bonds is 4. The van der Waals surface area contributed by atoms with E-state index in [0.29, 0.717) is 12.1 Å². The average molecular weight is 288 g/mol. The lowest BCUT2D eigenvalue weighted by Gasteiger charge is -2.28. The van der Waals surface area contributed by atoms with Crippen molar-refractivity contribution in [2.24, 2.45) is 0 Å². The number of nitrogens with zero attached hydrogens (tertiary/aromatic N) is 1. The second-order valence-electron chi connectivity index (χ2n) is 5.93. The summed E-state index contributed by atoms with van der Waals surface area (Å²) in [5.41, 5.74) is 1.16. The molecule has 4 nitrogen and oxygen atoms in total. The molecule has 3 rings (SSSR count). The molecule has 2 saturated heterocycles. The van der Waals surface area contributed by atoms with Crippen LogP contribution in [0.5, 0.6) is 5.75 Å². The highest BCUT2D eigenvalue weighted by molar-refractivity contribution is 5.79. The van der Waals surface area contributed by atoms with E-state index in [1.165, 1.54) is 0 Å². The summed E-state index contributed by atoms with van der Waals surface area (Å²) < 4.78 is 5.80. The average Bonchev–Trinajstić information content (AvgIpc) is 2.78. The molecule has 0 saturated carbocycles. The molecule has 2 unspecified atom stereocenters. The van der Waals surface area contributed by atoms with Gasteiger partial charge in [0, 0.05) is 18.6 Å². The van der Waals surface area contributed by atoms with Crippen molar-refractivity contribution in [3.05, 3.63) is 29.8 Å². The van der Waals surface area contributed by atoms with E-state index in [-0.39, 0.29) is 12.5 Å². The van der Waals surface area contributed by atoms with Crippen LogP contribution in [-0.4, -0.2) is 42.6 Å². The Morgan fingerprint density at radius 1 is 1.29 bits per heavy atom. The Morgan fingerprint density at radius 2 is 2.10 bits per heavy atom. The van der Waals surface area contributed by atoms with Crippen molar-refractivity contribution >= 4 is 5.91 Å². The van der Waals surface area contributed by atoms with Crippen LogP contribution in [0.25, 0.3) is 0 Å². The number of aryl methyl sites for hydroxylation is 1. The van der Waals surface area contributed by atoms with Gasteiger partial charge in [-0.05, 0) is 43.9 Å². The predicted molar refractivity (Wildman–Crippen MR) is 82.5 cm³/mol. The van der Waals surface area contributed by atoms with Crippen molar-refractivity contribution in [2.45, 2.75) is 44.7 Å². The van der Waals surface area contributed by atoms with Gasteiger partial charge in [-0.15, -0.1) is 0 Å². The monoisotopic (exact) mass is 288 g/mol. The molecule has 1 aromatic carbocycles. The van der Waals surface area contributed by atoms with Crippen LogP contribution in [0.4, 0.5) is 0 Å². The van der Waals surface area contributed by atoms with Crippen molar-refractivity contribution in [3.63, 3.8) is 0 Å². The number of hydrogen-bond donors (Lipinski definition) is 1. The van der Waals surface area contributed by atoms with Crippen molar-refractivity contribution in [3.8, 4) is 5.75 Å². The van der Waals surface area contributed by atoms with Gasteiger partial charge in [0.05, 0.1) is 0 Å². The van der Waals surface area contributed by atoms with E-state index in [9.17, 15) is 4.79 Å². The summed E-state index contributed by atoms with van der Waals surface area (Å²) in [4.78, 5) is 14.6. The summed E-state index contributed by atoms with van der Waals surface area (Å²) in [7, 11) is 0. The van der Waals surface area contributed by atoms with Crippen molar-refractivity contribution < 1.29 is 9.53 Å². The van der Waals surface area contributed by atoms with Gasteiger partial charge < -0.3 is 15.0 Å². The number of fused-ring (bicyclic) bond motifs is 2. The molecule has 0 aliphatic carbocycles. The summed E-state index contributed by atoms with van der Waals surface area (Å²) in [6.45, 7) is 4.20. The molecule has 2 aliphatic rings. The van der Waals surface area contributed by atoms with Gasteiger partial charge in [-0.25, -0.2) is 0 Å². The normalized spacial score (nSPS) is 24.7. The Hall–Kier alpha value is -1.55. The molecule has 0 radical (unpaired) electrons. The van der Waals surface area contributed by atoms with Crippen LogP contribution in [0.2, 0.25) is 0 Å². The maximum atomic E-state index is 12.6. The zero-order valence-corrected chi connectivity index (χ0v) is 12.7. The zero-order valence-electron chi connectivity index (χ0n) is 12.7. The largest absolute Gasteiger partial charge is 0.483 e. The number of carbonyl (C=O) groups is 1. The SMILES string of the molecule is CCc1ccccc1OCC(=O)N1C2CCNCC1CC2. The summed E-state index contributed by atoms with van der Waals surface area (Å²) in [5.74, 6) is 0.978. The molecule has 4 heteroatoms. The van der Waals surface area contributed by atoms with Crippen LogP contribution in [0.3, 0.4) is 0 Å². The molecule has 0 aromatic heterocycles. The standard InChI is InChI=1S/C17H24N2O2/c1-2-13-5-3-4-6-16(13)21-12-17(20)19-14-7-8-15(19)11-18-10-9-14/h3-6,14-15,18H,2,7-12H2,1H3. The molecule has 1 N–H and O–H groups in total. The molecule has 1 amide bonds. The molecular formula is C17H24N2O2. The first kappa shape index (κ1) is 14.4. The van der Waals surface area contributed by atoms with Gasteiger partial charge in [0.2, 0.25) is 0 Å². The number of ether oxygens (including phenoxy) is 1. The van der Waals surface area contributed by atoms with Gasteiger partial charge in [-0.1, -0.05) is 25.1 Å². The van der Waals surface area contributed by atoms with E-state index in [1.807, 2.05) is 18.2 Å². The van der Waals surface area contributed by atoms with Crippen molar-refractivity contribution in [2.75, 3.05) is 19.7 Å². The third-order valence-corrected chi connectivity index (χ3v) is 4.65. The molecule has 2 atom stereocenters. The fraction of sp³-hybridized carbons (Fsp3) is 0.588. The molecular weight excluding hydrogens is 264 g/mol. The van der Waals surface area contributed by atoms with Crippen LogP contribution < -0.4 is 10.1 Å². The van der Waals surface area contributed by atoms with E-state index in [1.54, 1.807) is 0 Å². The van der Waals surface area contributed by atoms with E-state index < -0.39 is 0 Å². The first-order valence-corrected chi connectivity index (χ1v) is 8.02. The van der Waals surface area contributed by atoms with Gasteiger partial charge in [0.1, 0.15) is 5.75 Å². The summed E-state index contributed by atoms with van der Waals surface area (Å²) in [6, 6.07) is 8.73. The van der Waals surface area contributed by atoms with Crippen LogP contribution in [0.15, 0.2) is 24.3 Å². The smallest absolute Gasteiger partial charge is 0.261 e. The lowest BCUT2D eigenvalue weighted by molar-refractivity contribution is -0.136. The van der Waals surface area contributed by atoms with Gasteiger partial charge in [-0.3, -0.25) is 4.79 Å². The number of para-hydroxylation sites is 1. The van der Waals surface area contributed by atoms with Gasteiger partial charge >= 0.3 is 0 Å². The molecule has 21 heavy (non-hydrogen) atoms. The molecule has 1 aromatic rings. The first-order chi connectivity index (χ1) is 10.3. The molecule has 2 aliphatic heterocycles. The second-order valence-corrected chi connectivity index (χ2v) is 5.93. The highest BCUT2D eigenvalue weighted by Crippen LogP contribution is 2.28. The van der Waals surface area contributed by atoms with E-state index in [4.69, 9.17) is 4.74 Å². The summed E-state index contributed by atoms with van der Waals surface area (Å²) in [5, 5.41) is 3.42. The first-order valence-electron chi connectivity index (χ1n) is 8.02. The Labute approximate surface area is 126 Å². The number of carbonyl (C=O) groups excluding carboxylic acids is 1.